The van der Waals surface area contributed by atoms with Gasteiger partial charge in [0.15, 0.2) is 0 Å². The molecule has 2 aromatic heterocycles. The molecule has 0 unspecified atom stereocenters. The normalized spacial score (nSPS) is 18.9. The largest absolute Gasteiger partial charge is 0.372 e. The quantitative estimate of drug-likeness (QED) is 0.357. The highest BCUT2D eigenvalue weighted by Gasteiger charge is 2.22. The van der Waals surface area contributed by atoms with Crippen LogP contribution in [0.2, 0.25) is 4.34 Å². The van der Waals surface area contributed by atoms with Gasteiger partial charge in [-0.15, -0.1) is 11.3 Å². The fourth-order valence-corrected chi connectivity index (χ4v) is 5.75. The van der Waals surface area contributed by atoms with Crippen molar-refractivity contribution in [2.24, 2.45) is 0 Å². The molecule has 4 aromatic rings. The Labute approximate surface area is 196 Å². The van der Waals surface area contributed by atoms with Gasteiger partial charge in [-0.3, -0.25) is 9.36 Å². The molecule has 3 heterocycles. The number of anilines is 1. The molecule has 2 aromatic carbocycles. The highest BCUT2D eigenvalue weighted by Crippen LogP contribution is 2.36. The van der Waals surface area contributed by atoms with Crippen molar-refractivity contribution in [1.29, 1.82) is 0 Å². The second-order valence-electron chi connectivity index (χ2n) is 8.50. The van der Waals surface area contributed by atoms with E-state index in [1.165, 1.54) is 11.3 Å². The lowest BCUT2D eigenvalue weighted by Gasteiger charge is -2.36. The third kappa shape index (κ3) is 3.85. The Morgan fingerprint density at radius 3 is 2.31 bits per heavy atom. The second kappa shape index (κ2) is 8.39. The number of morpholine rings is 1. The summed E-state index contributed by atoms with van der Waals surface area (Å²) >= 11 is 7.69. The Balaban J connectivity index is 1.55. The molecule has 32 heavy (non-hydrogen) atoms. The van der Waals surface area contributed by atoms with Gasteiger partial charge < -0.3 is 9.64 Å². The first-order chi connectivity index (χ1) is 15.4. The van der Waals surface area contributed by atoms with Crippen molar-refractivity contribution in [3.8, 4) is 16.1 Å². The van der Waals surface area contributed by atoms with E-state index >= 15 is 0 Å². The molecule has 1 fully saturated rings. The molecule has 0 bridgehead atoms. The summed E-state index contributed by atoms with van der Waals surface area (Å²) in [7, 11) is 0. The SMILES string of the molecule is Cc1cn(-c2ccc(N3C[C@@H](C)O[C@@H](C)C3)cc2)c(=O)c2cccc(-c3ccc(Cl)s3)c12. The van der Waals surface area contributed by atoms with E-state index in [9.17, 15) is 4.79 Å². The highest BCUT2D eigenvalue weighted by molar-refractivity contribution is 7.19. The number of nitrogens with zero attached hydrogens (tertiary/aromatic N) is 2. The van der Waals surface area contributed by atoms with Crippen LogP contribution in [0.1, 0.15) is 19.4 Å². The third-order valence-electron chi connectivity index (χ3n) is 5.98. The number of pyridine rings is 1. The summed E-state index contributed by atoms with van der Waals surface area (Å²) in [6.45, 7) is 8.00. The second-order valence-corrected chi connectivity index (χ2v) is 10.2. The number of fused-ring (bicyclic) bond motifs is 1. The molecule has 1 aliphatic heterocycles. The fraction of sp³-hybridized carbons (Fsp3) is 0.269. The van der Waals surface area contributed by atoms with E-state index in [2.05, 4.69) is 43.9 Å². The highest BCUT2D eigenvalue weighted by atomic mass is 35.5. The first-order valence-electron chi connectivity index (χ1n) is 10.8. The molecule has 0 radical (unpaired) electrons. The van der Waals surface area contributed by atoms with Crippen molar-refractivity contribution in [1.82, 2.24) is 4.57 Å². The molecule has 4 nitrogen and oxygen atoms in total. The maximum absolute atomic E-state index is 13.5. The van der Waals surface area contributed by atoms with Crippen molar-refractivity contribution in [3.63, 3.8) is 0 Å². The van der Waals surface area contributed by atoms with E-state index in [-0.39, 0.29) is 17.8 Å². The van der Waals surface area contributed by atoms with Crippen LogP contribution in [-0.4, -0.2) is 29.9 Å². The number of ether oxygens (including phenoxy) is 1. The summed E-state index contributed by atoms with van der Waals surface area (Å²) in [5.41, 5.74) is 4.10. The molecule has 1 aliphatic rings. The van der Waals surface area contributed by atoms with E-state index in [1.54, 1.807) is 4.57 Å². The van der Waals surface area contributed by atoms with Crippen LogP contribution in [0.3, 0.4) is 0 Å². The number of halogens is 1. The topological polar surface area (TPSA) is 34.5 Å². The zero-order chi connectivity index (χ0) is 22.4. The maximum atomic E-state index is 13.5. The number of aryl methyl sites for hydroxylation is 1. The van der Waals surface area contributed by atoms with Crippen LogP contribution in [0, 0.1) is 6.92 Å². The van der Waals surface area contributed by atoms with Gasteiger partial charge in [-0.05, 0) is 68.8 Å². The van der Waals surface area contributed by atoms with Crippen LogP contribution in [0.5, 0.6) is 0 Å². The molecule has 0 amide bonds. The molecule has 2 atom stereocenters. The van der Waals surface area contributed by atoms with Crippen LogP contribution in [0.25, 0.3) is 26.9 Å². The van der Waals surface area contributed by atoms with E-state index in [0.717, 1.165) is 50.2 Å². The van der Waals surface area contributed by atoms with Gasteiger partial charge in [-0.2, -0.15) is 0 Å². The number of hydrogen-bond donors (Lipinski definition) is 0. The average Bonchev–Trinajstić information content (AvgIpc) is 3.21. The molecule has 0 N–H and O–H groups in total. The number of aromatic nitrogens is 1. The van der Waals surface area contributed by atoms with Gasteiger partial charge >= 0.3 is 0 Å². The minimum atomic E-state index is -0.0172. The lowest BCUT2D eigenvalue weighted by molar-refractivity contribution is -0.00521. The Bertz CT molecular complexity index is 1330. The summed E-state index contributed by atoms with van der Waals surface area (Å²) in [6, 6.07) is 18.1. The molecule has 1 saturated heterocycles. The lowest BCUT2D eigenvalue weighted by atomic mass is 10.0. The van der Waals surface area contributed by atoms with Gasteiger partial charge in [0.1, 0.15) is 0 Å². The minimum Gasteiger partial charge on any atom is -0.372 e. The van der Waals surface area contributed by atoms with Crippen molar-refractivity contribution in [2.45, 2.75) is 33.0 Å². The summed E-state index contributed by atoms with van der Waals surface area (Å²) in [4.78, 5) is 16.9. The van der Waals surface area contributed by atoms with Gasteiger partial charge in [0.05, 0.1) is 16.5 Å². The van der Waals surface area contributed by atoms with E-state index in [0.29, 0.717) is 5.39 Å². The van der Waals surface area contributed by atoms with Crippen LogP contribution < -0.4 is 10.5 Å². The predicted octanol–water partition coefficient (Wildman–Crippen LogP) is 6.29. The van der Waals surface area contributed by atoms with Crippen LogP contribution in [0.15, 0.2) is 65.6 Å². The summed E-state index contributed by atoms with van der Waals surface area (Å²) in [5, 5.41) is 1.70. The van der Waals surface area contributed by atoms with Crippen molar-refractivity contribution in [3.05, 3.63) is 81.0 Å². The fourth-order valence-electron chi connectivity index (χ4n) is 4.67. The van der Waals surface area contributed by atoms with E-state index in [1.807, 2.05) is 42.6 Å². The molecule has 6 heteroatoms. The Kier molecular flexibility index (Phi) is 5.58. The molecular formula is C26H25ClN2O2S. The molecule has 0 spiro atoms. The van der Waals surface area contributed by atoms with Gasteiger partial charge in [-0.25, -0.2) is 0 Å². The van der Waals surface area contributed by atoms with E-state index in [4.69, 9.17) is 16.3 Å². The maximum Gasteiger partial charge on any atom is 0.262 e. The van der Waals surface area contributed by atoms with Crippen molar-refractivity contribution in [2.75, 3.05) is 18.0 Å². The van der Waals surface area contributed by atoms with Crippen LogP contribution in [-0.2, 0) is 4.74 Å². The van der Waals surface area contributed by atoms with Crippen LogP contribution >= 0.6 is 22.9 Å². The van der Waals surface area contributed by atoms with Gasteiger partial charge in [0.25, 0.3) is 5.56 Å². The Hall–Kier alpha value is -2.60. The minimum absolute atomic E-state index is 0.0172. The monoisotopic (exact) mass is 464 g/mol. The summed E-state index contributed by atoms with van der Waals surface area (Å²) < 4.78 is 8.34. The number of benzene rings is 2. The van der Waals surface area contributed by atoms with Crippen LogP contribution in [0.4, 0.5) is 5.69 Å². The predicted molar refractivity (Wildman–Crippen MR) is 135 cm³/mol. The standard InChI is InChI=1S/C26H25ClN2O2S/c1-16-13-29(20-9-7-19(8-10-20)28-14-17(2)31-18(3)15-28)26(30)22-6-4-5-21(25(16)22)23-11-12-24(27)32-23/h4-13,17-18H,14-15H2,1-3H3/t17-,18+. The van der Waals surface area contributed by atoms with Crippen molar-refractivity contribution >= 4 is 39.4 Å². The Morgan fingerprint density at radius 1 is 0.969 bits per heavy atom. The van der Waals surface area contributed by atoms with Gasteiger partial charge in [0, 0.05) is 51.9 Å². The first kappa shape index (κ1) is 21.3. The molecular weight excluding hydrogens is 440 g/mol. The molecule has 0 aliphatic carbocycles. The molecule has 164 valence electrons. The first-order valence-corrected chi connectivity index (χ1v) is 12.0. The van der Waals surface area contributed by atoms with E-state index < -0.39 is 0 Å². The average molecular weight is 465 g/mol. The zero-order valence-electron chi connectivity index (χ0n) is 18.3. The molecule has 0 saturated carbocycles. The summed E-state index contributed by atoms with van der Waals surface area (Å²) in [6.07, 6.45) is 2.35. The third-order valence-corrected chi connectivity index (χ3v) is 7.25. The number of rotatable bonds is 3. The van der Waals surface area contributed by atoms with Crippen molar-refractivity contribution < 1.29 is 4.74 Å². The number of thiophene rings is 1. The van der Waals surface area contributed by atoms with Gasteiger partial charge in [-0.1, -0.05) is 23.7 Å². The lowest BCUT2D eigenvalue weighted by Crippen LogP contribution is -2.45. The van der Waals surface area contributed by atoms with Gasteiger partial charge in [0.2, 0.25) is 0 Å². The molecule has 5 rings (SSSR count). The Morgan fingerprint density at radius 2 is 1.66 bits per heavy atom. The zero-order valence-corrected chi connectivity index (χ0v) is 19.9. The smallest absolute Gasteiger partial charge is 0.262 e. The number of hydrogen-bond acceptors (Lipinski definition) is 4. The summed E-state index contributed by atoms with van der Waals surface area (Å²) in [5.74, 6) is 0.